The highest BCUT2D eigenvalue weighted by Gasteiger charge is 2.32. The van der Waals surface area contributed by atoms with Crippen LogP contribution in [0.1, 0.15) is 13.3 Å². The predicted molar refractivity (Wildman–Crippen MR) is 64.5 cm³/mol. The highest BCUT2D eigenvalue weighted by atomic mass is 32.2. The van der Waals surface area contributed by atoms with Crippen LogP contribution >= 0.6 is 11.8 Å². The number of amidine groups is 1. The van der Waals surface area contributed by atoms with E-state index in [0.717, 1.165) is 12.7 Å². The Morgan fingerprint density at radius 2 is 2.38 bits per heavy atom. The number of hydrogen-bond acceptors (Lipinski definition) is 5. The molecule has 0 saturated carbocycles. The molecule has 16 heavy (non-hydrogen) atoms. The van der Waals surface area contributed by atoms with Crippen LogP contribution in [0.4, 0.5) is 0 Å². The quantitative estimate of drug-likeness (QED) is 0.274. The molecule has 0 aromatic carbocycles. The maximum absolute atomic E-state index is 11.4. The van der Waals surface area contributed by atoms with Crippen LogP contribution in [0.15, 0.2) is 11.6 Å². The molecule has 1 rings (SSSR count). The highest BCUT2D eigenvalue weighted by Crippen LogP contribution is 2.23. The second-order valence-electron chi connectivity index (χ2n) is 3.44. The molecule has 2 unspecified atom stereocenters. The van der Waals surface area contributed by atoms with Gasteiger partial charge in [-0.3, -0.25) is 20.3 Å². The molecule has 0 spiro atoms. The minimum atomic E-state index is -0.497. The van der Waals surface area contributed by atoms with Crippen LogP contribution in [0.25, 0.3) is 0 Å². The van der Waals surface area contributed by atoms with Crippen molar-refractivity contribution >= 4 is 29.7 Å². The normalized spacial score (nSPS) is 25.4. The number of Topliss-reactive ketones (excluding diaryl/α,β-unsaturated/α-hetero) is 1. The van der Waals surface area contributed by atoms with E-state index in [1.54, 1.807) is 0 Å². The summed E-state index contributed by atoms with van der Waals surface area (Å²) in [5.74, 6) is -0.221. The Labute approximate surface area is 98.3 Å². The van der Waals surface area contributed by atoms with Gasteiger partial charge in [-0.05, 0) is 6.42 Å². The van der Waals surface area contributed by atoms with Crippen LogP contribution in [0.2, 0.25) is 0 Å². The van der Waals surface area contributed by atoms with Gasteiger partial charge in [-0.2, -0.15) is 0 Å². The van der Waals surface area contributed by atoms with E-state index >= 15 is 0 Å². The van der Waals surface area contributed by atoms with E-state index in [9.17, 15) is 9.59 Å². The van der Waals surface area contributed by atoms with Crippen LogP contribution in [0, 0.1) is 5.41 Å². The molecule has 0 aliphatic carbocycles. The van der Waals surface area contributed by atoms with Crippen LogP contribution < -0.4 is 11.1 Å². The smallest absolute Gasteiger partial charge is 0.223 e. The first-order valence-corrected chi connectivity index (χ1v) is 6.06. The van der Waals surface area contributed by atoms with Gasteiger partial charge < -0.3 is 5.73 Å². The summed E-state index contributed by atoms with van der Waals surface area (Å²) in [6.45, 7) is 1.95. The van der Waals surface area contributed by atoms with Gasteiger partial charge in [0, 0.05) is 17.4 Å². The van der Waals surface area contributed by atoms with E-state index in [-0.39, 0.29) is 6.04 Å². The first-order chi connectivity index (χ1) is 7.60. The average Bonchev–Trinajstić information content (AvgIpc) is 2.73. The van der Waals surface area contributed by atoms with Crippen molar-refractivity contribution in [3.8, 4) is 0 Å². The summed E-state index contributed by atoms with van der Waals surface area (Å²) in [4.78, 5) is 22.2. The van der Waals surface area contributed by atoms with Gasteiger partial charge in [0.2, 0.25) is 5.78 Å². The third-order valence-corrected chi connectivity index (χ3v) is 3.47. The fourth-order valence-electron chi connectivity index (χ4n) is 1.46. The standard InChI is InChI=1S/C10H15N3O2S/c1-2-3-6(4-14)7-5-16-10(13-7)8(15)9(11)12/h3-4,7,10,13H,2,5H2,1H3,(H3,11,12)/b6-3+. The number of nitrogens with one attached hydrogen (secondary N) is 2. The predicted octanol–water partition coefficient (Wildman–Crippen LogP) is 0.0579. The number of aldehydes is 1. The number of hydrogen-bond donors (Lipinski definition) is 3. The van der Waals surface area contributed by atoms with E-state index < -0.39 is 17.0 Å². The number of rotatable bonds is 5. The first kappa shape index (κ1) is 12.9. The van der Waals surface area contributed by atoms with E-state index in [2.05, 4.69) is 5.32 Å². The van der Waals surface area contributed by atoms with E-state index in [1.165, 1.54) is 11.8 Å². The van der Waals surface area contributed by atoms with Crippen LogP contribution in [0.5, 0.6) is 0 Å². The molecule has 1 fully saturated rings. The molecular weight excluding hydrogens is 226 g/mol. The molecule has 0 bridgehead atoms. The highest BCUT2D eigenvalue weighted by molar-refractivity contribution is 8.01. The van der Waals surface area contributed by atoms with Gasteiger partial charge in [0.25, 0.3) is 0 Å². The summed E-state index contributed by atoms with van der Waals surface area (Å²) in [5.41, 5.74) is 5.79. The fourth-order valence-corrected chi connectivity index (χ4v) is 2.68. The van der Waals surface area contributed by atoms with Gasteiger partial charge in [-0.25, -0.2) is 0 Å². The molecule has 1 aliphatic rings. The van der Waals surface area contributed by atoms with Gasteiger partial charge in [0.1, 0.15) is 11.7 Å². The molecule has 2 atom stereocenters. The number of carbonyl (C=O) groups excluding carboxylic acids is 2. The topological polar surface area (TPSA) is 96.0 Å². The lowest BCUT2D eigenvalue weighted by Crippen LogP contribution is -2.41. The monoisotopic (exact) mass is 241 g/mol. The molecule has 1 heterocycles. The largest absolute Gasteiger partial charge is 0.381 e. The summed E-state index contributed by atoms with van der Waals surface area (Å²) in [7, 11) is 0. The summed E-state index contributed by atoms with van der Waals surface area (Å²) < 4.78 is 0. The van der Waals surface area contributed by atoms with Crippen molar-refractivity contribution < 1.29 is 9.59 Å². The number of ketones is 1. The van der Waals surface area contributed by atoms with E-state index in [4.69, 9.17) is 11.1 Å². The van der Waals surface area contributed by atoms with Crippen LogP contribution in [-0.2, 0) is 9.59 Å². The third-order valence-electron chi connectivity index (χ3n) is 2.26. The molecule has 0 aromatic heterocycles. The number of allylic oxidation sites excluding steroid dienone is 1. The van der Waals surface area contributed by atoms with Gasteiger partial charge >= 0.3 is 0 Å². The van der Waals surface area contributed by atoms with Gasteiger partial charge in [-0.15, -0.1) is 11.8 Å². The zero-order valence-electron chi connectivity index (χ0n) is 9.03. The van der Waals surface area contributed by atoms with Gasteiger partial charge in [-0.1, -0.05) is 13.0 Å². The maximum atomic E-state index is 11.4. The van der Waals surface area contributed by atoms with Crippen molar-refractivity contribution in [1.29, 1.82) is 5.41 Å². The zero-order chi connectivity index (χ0) is 12.1. The van der Waals surface area contributed by atoms with Crippen molar-refractivity contribution in [2.45, 2.75) is 24.8 Å². The molecule has 88 valence electrons. The van der Waals surface area contributed by atoms with Crippen molar-refractivity contribution in [3.63, 3.8) is 0 Å². The SMILES string of the molecule is CC/C=C(\C=O)C1CSC(C(=O)C(=N)N)N1. The molecule has 0 aromatic rings. The van der Waals surface area contributed by atoms with Gasteiger partial charge in [0.15, 0.2) is 5.84 Å². The van der Waals surface area contributed by atoms with Crippen LogP contribution in [-0.4, -0.2) is 35.1 Å². The minimum absolute atomic E-state index is 0.115. The molecule has 6 heteroatoms. The molecule has 4 N–H and O–H groups in total. The number of thioether (sulfide) groups is 1. The Morgan fingerprint density at radius 1 is 1.69 bits per heavy atom. The zero-order valence-corrected chi connectivity index (χ0v) is 9.84. The lowest BCUT2D eigenvalue weighted by Gasteiger charge is -2.11. The van der Waals surface area contributed by atoms with Crippen molar-refractivity contribution in [1.82, 2.24) is 5.32 Å². The maximum Gasteiger partial charge on any atom is 0.223 e. The molecular formula is C10H15N3O2S. The summed E-state index contributed by atoms with van der Waals surface area (Å²) >= 11 is 1.38. The van der Waals surface area contributed by atoms with Crippen molar-refractivity contribution in [3.05, 3.63) is 11.6 Å². The Balaban J connectivity index is 2.65. The third kappa shape index (κ3) is 2.93. The Kier molecular flexibility index (Phi) is 4.70. The number of nitrogens with two attached hydrogens (primary N) is 1. The first-order valence-electron chi connectivity index (χ1n) is 5.01. The molecule has 1 aliphatic heterocycles. The Hall–Kier alpha value is -1.14. The second kappa shape index (κ2) is 5.81. The molecule has 0 amide bonds. The lowest BCUT2D eigenvalue weighted by molar-refractivity contribution is -0.113. The van der Waals surface area contributed by atoms with Crippen LogP contribution in [0.3, 0.4) is 0 Å². The van der Waals surface area contributed by atoms with Gasteiger partial charge in [0.05, 0.1) is 0 Å². The van der Waals surface area contributed by atoms with E-state index in [1.807, 2.05) is 13.0 Å². The average molecular weight is 241 g/mol. The van der Waals surface area contributed by atoms with Crippen molar-refractivity contribution in [2.75, 3.05) is 5.75 Å². The summed E-state index contributed by atoms with van der Waals surface area (Å²) in [6, 6.07) is -0.115. The lowest BCUT2D eigenvalue weighted by atomic mass is 10.1. The van der Waals surface area contributed by atoms with Crippen molar-refractivity contribution in [2.24, 2.45) is 5.73 Å². The molecule has 1 saturated heterocycles. The Morgan fingerprint density at radius 3 is 2.88 bits per heavy atom. The fraction of sp³-hybridized carbons (Fsp3) is 0.500. The summed E-state index contributed by atoms with van der Waals surface area (Å²) in [6.07, 6.45) is 3.43. The molecule has 5 nitrogen and oxygen atoms in total. The Bertz CT molecular complexity index is 341. The van der Waals surface area contributed by atoms with E-state index in [0.29, 0.717) is 11.3 Å². The summed E-state index contributed by atoms with van der Waals surface area (Å²) in [5, 5.41) is 9.56. The minimum Gasteiger partial charge on any atom is -0.381 e. The number of carbonyl (C=O) groups is 2. The second-order valence-corrected chi connectivity index (χ2v) is 4.58. The molecule has 0 radical (unpaired) electrons.